The highest BCUT2D eigenvalue weighted by Gasteiger charge is 2.36. The van der Waals surface area contributed by atoms with Crippen molar-refractivity contribution in [3.63, 3.8) is 0 Å². The Morgan fingerprint density at radius 2 is 0.855 bits per heavy atom. The smallest absolute Gasteiger partial charge is 0.0998 e. The summed E-state index contributed by atoms with van der Waals surface area (Å²) in [6.45, 7) is 4.74. The Hall–Kier alpha value is -7.99. The normalized spacial score (nSPS) is 12.7. The van der Waals surface area contributed by atoms with Gasteiger partial charge in [-0.15, -0.1) is 0 Å². The van der Waals surface area contributed by atoms with Crippen LogP contribution in [0.1, 0.15) is 41.7 Å². The highest BCUT2D eigenvalue weighted by molar-refractivity contribution is 6.23. The van der Waals surface area contributed by atoms with Gasteiger partial charge in [0.05, 0.1) is 11.6 Å². The zero-order chi connectivity index (χ0) is 41.8. The second-order valence-electron chi connectivity index (χ2n) is 16.8. The van der Waals surface area contributed by atoms with Gasteiger partial charge in [-0.3, -0.25) is 0 Å². The van der Waals surface area contributed by atoms with Gasteiger partial charge in [0.15, 0.2) is 0 Å². The van der Waals surface area contributed by atoms with Crippen LogP contribution < -0.4 is 4.90 Å². The van der Waals surface area contributed by atoms with Crippen molar-refractivity contribution in [1.82, 2.24) is 0 Å². The predicted molar refractivity (Wildman–Crippen MR) is 262 cm³/mol. The van der Waals surface area contributed by atoms with E-state index in [9.17, 15) is 5.26 Å². The molecular formula is C60H42N2. The van der Waals surface area contributed by atoms with Crippen LogP contribution in [0.4, 0.5) is 17.1 Å². The van der Waals surface area contributed by atoms with Crippen molar-refractivity contribution in [2.45, 2.75) is 19.3 Å². The molecule has 0 saturated carbocycles. The molecule has 11 rings (SSSR count). The Morgan fingerprint density at radius 1 is 0.403 bits per heavy atom. The standard InChI is InChI=1S/C60H42N2/c1-60(2)56-37-41(26-25-40-27-32-46(33-28-40)62(44-15-5-3-6-16-44)45-17-7-4-8-18-45)29-34-49(56)50-35-30-42(38-57(50)60)58-51-21-11-13-23-53(51)59(54-24-14-12-22-52(54)58)55-36-31-43(39-61)47-19-9-10-20-48(47)55/h3-38H,1-2H3/b26-25+. The summed E-state index contributed by atoms with van der Waals surface area (Å²) in [5, 5.41) is 16.9. The van der Waals surface area contributed by atoms with Crippen LogP contribution in [0.2, 0.25) is 0 Å². The highest BCUT2D eigenvalue weighted by Crippen LogP contribution is 2.52. The first kappa shape index (κ1) is 37.0. The van der Waals surface area contributed by atoms with E-state index in [2.05, 4.69) is 231 Å². The first-order chi connectivity index (χ1) is 30.5. The third-order valence-corrected chi connectivity index (χ3v) is 12.9. The zero-order valence-electron chi connectivity index (χ0n) is 34.7. The van der Waals surface area contributed by atoms with Gasteiger partial charge in [0.1, 0.15) is 0 Å². The number of rotatable bonds is 7. The molecule has 2 heteroatoms. The second-order valence-corrected chi connectivity index (χ2v) is 16.8. The molecule has 0 bridgehead atoms. The van der Waals surface area contributed by atoms with Crippen molar-refractivity contribution in [3.05, 3.63) is 234 Å². The average Bonchev–Trinajstić information content (AvgIpc) is 3.55. The van der Waals surface area contributed by atoms with Crippen LogP contribution in [0.15, 0.2) is 206 Å². The van der Waals surface area contributed by atoms with E-state index in [1.54, 1.807) is 0 Å². The third-order valence-electron chi connectivity index (χ3n) is 12.9. The second kappa shape index (κ2) is 14.9. The van der Waals surface area contributed by atoms with Crippen molar-refractivity contribution in [2.75, 3.05) is 4.90 Å². The van der Waals surface area contributed by atoms with E-state index < -0.39 is 0 Å². The summed E-state index contributed by atoms with van der Waals surface area (Å²) >= 11 is 0. The summed E-state index contributed by atoms with van der Waals surface area (Å²) < 4.78 is 0. The number of hydrogen-bond acceptors (Lipinski definition) is 2. The van der Waals surface area contributed by atoms with Crippen molar-refractivity contribution in [3.8, 4) is 39.4 Å². The largest absolute Gasteiger partial charge is 0.311 e. The molecule has 10 aromatic rings. The highest BCUT2D eigenvalue weighted by atomic mass is 15.1. The number of anilines is 3. The van der Waals surface area contributed by atoms with Gasteiger partial charge in [0.25, 0.3) is 0 Å². The maximum atomic E-state index is 9.97. The number of para-hydroxylation sites is 2. The summed E-state index contributed by atoms with van der Waals surface area (Å²) in [6.07, 6.45) is 4.46. The molecule has 1 aliphatic carbocycles. The minimum atomic E-state index is -0.197. The Balaban J connectivity index is 0.950. The zero-order valence-corrected chi connectivity index (χ0v) is 34.7. The van der Waals surface area contributed by atoms with Gasteiger partial charge >= 0.3 is 0 Å². The molecule has 2 nitrogen and oxygen atoms in total. The molecule has 0 heterocycles. The van der Waals surface area contributed by atoms with Gasteiger partial charge in [-0.2, -0.15) is 5.26 Å². The fourth-order valence-corrected chi connectivity index (χ4v) is 9.89. The SMILES string of the molecule is CC1(C)c2cc(/C=C/c3ccc(N(c4ccccc4)c4ccccc4)cc3)ccc2-c2ccc(-c3c4ccccc4c(-c4ccc(C#N)c5ccccc45)c4ccccc34)cc21. The van der Waals surface area contributed by atoms with Crippen molar-refractivity contribution in [2.24, 2.45) is 0 Å². The molecule has 0 atom stereocenters. The number of benzene rings is 10. The molecule has 1 aliphatic rings. The van der Waals surface area contributed by atoms with Gasteiger partial charge in [0, 0.05) is 27.9 Å². The molecule has 0 fully saturated rings. The van der Waals surface area contributed by atoms with Crippen LogP contribution in [0.3, 0.4) is 0 Å². The minimum absolute atomic E-state index is 0.197. The number of hydrogen-bond donors (Lipinski definition) is 0. The Bertz CT molecular complexity index is 3330. The molecule has 0 amide bonds. The number of nitrogens with zero attached hydrogens (tertiary/aromatic N) is 2. The van der Waals surface area contributed by atoms with Crippen LogP contribution in [0, 0.1) is 11.3 Å². The van der Waals surface area contributed by atoms with Crippen molar-refractivity contribution in [1.29, 1.82) is 5.26 Å². The van der Waals surface area contributed by atoms with E-state index in [1.807, 2.05) is 12.1 Å². The molecule has 0 saturated heterocycles. The summed E-state index contributed by atoms with van der Waals surface area (Å²) in [5.41, 5.74) is 16.3. The lowest BCUT2D eigenvalue weighted by molar-refractivity contribution is 0.660. The van der Waals surface area contributed by atoms with Gasteiger partial charge in [-0.25, -0.2) is 0 Å². The minimum Gasteiger partial charge on any atom is -0.311 e. The molecule has 292 valence electrons. The maximum Gasteiger partial charge on any atom is 0.0998 e. The molecule has 0 aliphatic heterocycles. The van der Waals surface area contributed by atoms with E-state index in [4.69, 9.17) is 0 Å². The van der Waals surface area contributed by atoms with Crippen molar-refractivity contribution < 1.29 is 0 Å². The van der Waals surface area contributed by atoms with E-state index in [1.165, 1.54) is 66.1 Å². The lowest BCUT2D eigenvalue weighted by Gasteiger charge is -2.25. The number of nitriles is 1. The Kier molecular flexibility index (Phi) is 8.92. The first-order valence-corrected chi connectivity index (χ1v) is 21.3. The van der Waals surface area contributed by atoms with Crippen molar-refractivity contribution >= 4 is 61.5 Å². The lowest BCUT2D eigenvalue weighted by atomic mass is 9.80. The lowest BCUT2D eigenvalue weighted by Crippen LogP contribution is -2.15. The van der Waals surface area contributed by atoms with Gasteiger partial charge in [-0.1, -0.05) is 184 Å². The Labute approximate surface area is 362 Å². The molecule has 0 aromatic heterocycles. The van der Waals surface area contributed by atoms with E-state index in [0.29, 0.717) is 5.56 Å². The van der Waals surface area contributed by atoms with Gasteiger partial charge in [0.2, 0.25) is 0 Å². The van der Waals surface area contributed by atoms with Crippen LogP contribution >= 0.6 is 0 Å². The maximum absolute atomic E-state index is 9.97. The van der Waals surface area contributed by atoms with Gasteiger partial charge < -0.3 is 4.90 Å². The molecule has 0 N–H and O–H groups in total. The summed E-state index contributed by atoms with van der Waals surface area (Å²) in [5.74, 6) is 0. The topological polar surface area (TPSA) is 27.0 Å². The molecule has 62 heavy (non-hydrogen) atoms. The quantitative estimate of drug-likeness (QED) is 0.119. The molecule has 0 radical (unpaired) electrons. The summed E-state index contributed by atoms with van der Waals surface area (Å²) in [4.78, 5) is 2.29. The van der Waals surface area contributed by atoms with Crippen LogP contribution in [-0.2, 0) is 5.41 Å². The first-order valence-electron chi connectivity index (χ1n) is 21.3. The average molecular weight is 791 g/mol. The molecule has 0 spiro atoms. The van der Waals surface area contributed by atoms with Crippen LogP contribution in [0.25, 0.3) is 77.9 Å². The van der Waals surface area contributed by atoms with E-state index in [-0.39, 0.29) is 5.41 Å². The summed E-state index contributed by atoms with van der Waals surface area (Å²) in [6, 6.07) is 76.4. The fourth-order valence-electron chi connectivity index (χ4n) is 9.89. The third kappa shape index (κ3) is 6.09. The van der Waals surface area contributed by atoms with E-state index >= 15 is 0 Å². The number of fused-ring (bicyclic) bond motifs is 6. The molecule has 0 unspecified atom stereocenters. The van der Waals surface area contributed by atoms with Gasteiger partial charge in [-0.05, 0) is 131 Å². The van der Waals surface area contributed by atoms with Crippen LogP contribution in [-0.4, -0.2) is 0 Å². The molecular weight excluding hydrogens is 749 g/mol. The monoisotopic (exact) mass is 790 g/mol. The van der Waals surface area contributed by atoms with E-state index in [0.717, 1.165) is 39.0 Å². The fraction of sp³-hybridized carbons (Fsp3) is 0.0500. The molecule has 10 aromatic carbocycles. The van der Waals surface area contributed by atoms with Crippen LogP contribution in [0.5, 0.6) is 0 Å². The predicted octanol–water partition coefficient (Wildman–Crippen LogP) is 16.3. The Morgan fingerprint density at radius 3 is 1.45 bits per heavy atom. The summed E-state index contributed by atoms with van der Waals surface area (Å²) in [7, 11) is 0.